The zero-order valence-corrected chi connectivity index (χ0v) is 13.4. The van der Waals surface area contributed by atoms with Crippen LogP contribution in [0.1, 0.15) is 40.0 Å². The summed E-state index contributed by atoms with van der Waals surface area (Å²) in [5, 5.41) is 9.36. The number of ether oxygens (including phenoxy) is 2. The van der Waals surface area contributed by atoms with Crippen molar-refractivity contribution in [2.45, 2.75) is 46.1 Å². The lowest BCUT2D eigenvalue weighted by molar-refractivity contribution is 0.0493. The van der Waals surface area contributed by atoms with Crippen molar-refractivity contribution in [2.75, 3.05) is 7.11 Å². The van der Waals surface area contributed by atoms with Gasteiger partial charge in [0.1, 0.15) is 17.6 Å². The third kappa shape index (κ3) is 3.91. The standard InChI is InChI=1S/C18H25NO2/c1-18(2,3)14-6-5-13(12-19)17(11-14)21-16-9-7-15(20-4)8-10-16/h7-10,13-14,17H,5-6,11H2,1-4H3. The fraction of sp³-hybridized carbons (Fsp3) is 0.611. The van der Waals surface area contributed by atoms with Crippen LogP contribution < -0.4 is 9.47 Å². The molecular formula is C18H25NO2. The molecule has 21 heavy (non-hydrogen) atoms. The molecule has 1 aliphatic rings. The first kappa shape index (κ1) is 15.7. The van der Waals surface area contributed by atoms with Gasteiger partial charge in [0, 0.05) is 0 Å². The van der Waals surface area contributed by atoms with Crippen molar-refractivity contribution in [3.8, 4) is 17.6 Å². The molecule has 0 bridgehead atoms. The molecule has 1 aromatic rings. The summed E-state index contributed by atoms with van der Waals surface area (Å²) >= 11 is 0. The van der Waals surface area contributed by atoms with E-state index in [0.29, 0.717) is 5.92 Å². The van der Waals surface area contributed by atoms with Crippen molar-refractivity contribution in [1.29, 1.82) is 5.26 Å². The maximum atomic E-state index is 9.36. The Labute approximate surface area is 127 Å². The van der Waals surface area contributed by atoms with E-state index in [9.17, 15) is 5.26 Å². The van der Waals surface area contributed by atoms with Gasteiger partial charge in [0.2, 0.25) is 0 Å². The molecule has 3 unspecified atom stereocenters. The predicted molar refractivity (Wildman–Crippen MR) is 83.3 cm³/mol. The zero-order valence-electron chi connectivity index (χ0n) is 13.4. The Morgan fingerprint density at radius 1 is 1.10 bits per heavy atom. The number of hydrogen-bond acceptors (Lipinski definition) is 3. The fourth-order valence-electron chi connectivity index (χ4n) is 3.02. The van der Waals surface area contributed by atoms with Gasteiger partial charge in [0.25, 0.3) is 0 Å². The number of methoxy groups -OCH3 is 1. The van der Waals surface area contributed by atoms with Crippen LogP contribution in [-0.2, 0) is 0 Å². The Morgan fingerprint density at radius 3 is 2.24 bits per heavy atom. The van der Waals surface area contributed by atoms with Crippen LogP contribution >= 0.6 is 0 Å². The maximum Gasteiger partial charge on any atom is 0.120 e. The van der Waals surface area contributed by atoms with Crippen LogP contribution in [-0.4, -0.2) is 13.2 Å². The molecule has 1 fully saturated rings. The van der Waals surface area contributed by atoms with Gasteiger partial charge in [-0.05, 0) is 54.9 Å². The van der Waals surface area contributed by atoms with Crippen molar-refractivity contribution >= 4 is 0 Å². The molecule has 0 spiro atoms. The third-order valence-electron chi connectivity index (χ3n) is 4.53. The molecule has 0 radical (unpaired) electrons. The number of benzene rings is 1. The SMILES string of the molecule is COc1ccc(OC2CC(C(C)(C)C)CCC2C#N)cc1. The maximum absolute atomic E-state index is 9.36. The second kappa shape index (κ2) is 6.39. The molecule has 0 aliphatic heterocycles. The first-order chi connectivity index (χ1) is 9.94. The van der Waals surface area contributed by atoms with E-state index in [0.717, 1.165) is 30.8 Å². The first-order valence-corrected chi connectivity index (χ1v) is 7.64. The molecule has 3 atom stereocenters. The number of hydrogen-bond donors (Lipinski definition) is 0. The first-order valence-electron chi connectivity index (χ1n) is 7.64. The highest BCUT2D eigenvalue weighted by Crippen LogP contribution is 2.41. The number of nitrogens with zero attached hydrogens (tertiary/aromatic N) is 1. The third-order valence-corrected chi connectivity index (χ3v) is 4.53. The van der Waals surface area contributed by atoms with E-state index >= 15 is 0 Å². The van der Waals surface area contributed by atoms with Gasteiger partial charge in [-0.2, -0.15) is 5.26 Å². The highest BCUT2D eigenvalue weighted by Gasteiger charge is 2.37. The molecule has 3 heteroatoms. The van der Waals surface area contributed by atoms with Gasteiger partial charge in [0.15, 0.2) is 0 Å². The zero-order chi connectivity index (χ0) is 15.5. The Balaban J connectivity index is 2.08. The van der Waals surface area contributed by atoms with Crippen LogP contribution in [0.25, 0.3) is 0 Å². The molecule has 2 rings (SSSR count). The molecule has 1 aliphatic carbocycles. The molecule has 0 aromatic heterocycles. The second-order valence-corrected chi connectivity index (χ2v) is 6.94. The molecule has 3 nitrogen and oxygen atoms in total. The minimum atomic E-state index is -0.0126. The Hall–Kier alpha value is -1.69. The Morgan fingerprint density at radius 2 is 1.71 bits per heavy atom. The summed E-state index contributed by atoms with van der Waals surface area (Å²) in [7, 11) is 1.65. The normalized spacial score (nSPS) is 26.0. The average molecular weight is 287 g/mol. The molecule has 0 N–H and O–H groups in total. The summed E-state index contributed by atoms with van der Waals surface area (Å²) in [5.74, 6) is 2.22. The minimum Gasteiger partial charge on any atom is -0.497 e. The number of nitriles is 1. The Kier molecular flexibility index (Phi) is 4.77. The van der Waals surface area contributed by atoms with Gasteiger partial charge < -0.3 is 9.47 Å². The predicted octanol–water partition coefficient (Wildman–Crippen LogP) is 4.43. The van der Waals surface area contributed by atoms with E-state index in [-0.39, 0.29) is 17.4 Å². The second-order valence-electron chi connectivity index (χ2n) is 6.94. The highest BCUT2D eigenvalue weighted by molar-refractivity contribution is 5.31. The van der Waals surface area contributed by atoms with Crippen molar-refractivity contribution in [3.63, 3.8) is 0 Å². The average Bonchev–Trinajstić information content (AvgIpc) is 2.47. The van der Waals surface area contributed by atoms with E-state index in [2.05, 4.69) is 26.8 Å². The molecule has 1 saturated carbocycles. The van der Waals surface area contributed by atoms with E-state index in [1.807, 2.05) is 24.3 Å². The van der Waals surface area contributed by atoms with Gasteiger partial charge in [0.05, 0.1) is 19.1 Å². The summed E-state index contributed by atoms with van der Waals surface area (Å²) in [5.41, 5.74) is 0.266. The van der Waals surface area contributed by atoms with Gasteiger partial charge in [-0.1, -0.05) is 20.8 Å². The summed E-state index contributed by atoms with van der Waals surface area (Å²) in [6.07, 6.45) is 2.98. The van der Waals surface area contributed by atoms with Crippen LogP contribution in [0.4, 0.5) is 0 Å². The molecule has 1 aromatic carbocycles. The molecule has 0 saturated heterocycles. The van der Waals surface area contributed by atoms with Gasteiger partial charge in [-0.15, -0.1) is 0 Å². The van der Waals surface area contributed by atoms with E-state index in [4.69, 9.17) is 9.47 Å². The van der Waals surface area contributed by atoms with Crippen LogP contribution in [0, 0.1) is 28.6 Å². The molecule has 0 heterocycles. The van der Waals surface area contributed by atoms with Crippen molar-refractivity contribution < 1.29 is 9.47 Å². The van der Waals surface area contributed by atoms with Crippen LogP contribution in [0.15, 0.2) is 24.3 Å². The quantitative estimate of drug-likeness (QED) is 0.826. The molecule has 114 valence electrons. The van der Waals surface area contributed by atoms with E-state index < -0.39 is 0 Å². The Bertz CT molecular complexity index is 495. The summed E-state index contributed by atoms with van der Waals surface area (Å²) < 4.78 is 11.3. The summed E-state index contributed by atoms with van der Waals surface area (Å²) in [6, 6.07) is 10.0. The van der Waals surface area contributed by atoms with E-state index in [1.165, 1.54) is 0 Å². The van der Waals surface area contributed by atoms with Gasteiger partial charge in [-0.3, -0.25) is 0 Å². The van der Waals surface area contributed by atoms with Crippen LogP contribution in [0.2, 0.25) is 0 Å². The molecular weight excluding hydrogens is 262 g/mol. The fourth-order valence-corrected chi connectivity index (χ4v) is 3.02. The van der Waals surface area contributed by atoms with Crippen LogP contribution in [0.3, 0.4) is 0 Å². The lowest BCUT2D eigenvalue weighted by atomic mass is 9.69. The lowest BCUT2D eigenvalue weighted by Gasteiger charge is -2.39. The van der Waals surface area contributed by atoms with Crippen molar-refractivity contribution in [3.05, 3.63) is 24.3 Å². The van der Waals surface area contributed by atoms with E-state index in [1.54, 1.807) is 7.11 Å². The van der Waals surface area contributed by atoms with Gasteiger partial charge >= 0.3 is 0 Å². The van der Waals surface area contributed by atoms with Crippen LogP contribution in [0.5, 0.6) is 11.5 Å². The van der Waals surface area contributed by atoms with Crippen molar-refractivity contribution in [1.82, 2.24) is 0 Å². The summed E-state index contributed by atoms with van der Waals surface area (Å²) in [6.45, 7) is 6.82. The highest BCUT2D eigenvalue weighted by atomic mass is 16.5. The van der Waals surface area contributed by atoms with Gasteiger partial charge in [-0.25, -0.2) is 0 Å². The smallest absolute Gasteiger partial charge is 0.120 e. The monoisotopic (exact) mass is 287 g/mol. The topological polar surface area (TPSA) is 42.2 Å². The van der Waals surface area contributed by atoms with Crippen molar-refractivity contribution in [2.24, 2.45) is 17.3 Å². The lowest BCUT2D eigenvalue weighted by Crippen LogP contribution is -2.37. The molecule has 0 amide bonds. The minimum absolute atomic E-state index is 0.00861. The largest absolute Gasteiger partial charge is 0.497 e. The summed E-state index contributed by atoms with van der Waals surface area (Å²) in [4.78, 5) is 0. The number of rotatable bonds is 3.